The van der Waals surface area contributed by atoms with Crippen LogP contribution >= 0.6 is 0 Å². The van der Waals surface area contributed by atoms with Crippen molar-refractivity contribution in [2.24, 2.45) is 11.8 Å². The van der Waals surface area contributed by atoms with E-state index in [2.05, 4.69) is 5.32 Å². The molecular weight excluding hydrogens is 346 g/mol. The molecule has 136 valence electrons. The number of anilines is 1. The number of hydrogen-bond donors (Lipinski definition) is 1. The fourth-order valence-corrected chi connectivity index (χ4v) is 4.81. The largest absolute Gasteiger partial charge is 0.352 e. The van der Waals surface area contributed by atoms with Crippen LogP contribution in [-0.2, 0) is 14.8 Å². The molecule has 0 radical (unpaired) electrons. The summed E-state index contributed by atoms with van der Waals surface area (Å²) in [5, 5.41) is 13.9. The fourth-order valence-electron chi connectivity index (χ4n) is 3.97. The SMILES string of the molecule is CS(=O)(=O)N(CC(=O)N[C@@H]1C[C@H]2CC[C@@H]1C2)c1cccc([N+](=O)[O-])c1. The minimum atomic E-state index is -3.75. The predicted octanol–water partition coefficient (Wildman–Crippen LogP) is 1.67. The van der Waals surface area contributed by atoms with Crippen molar-refractivity contribution >= 4 is 27.3 Å². The highest BCUT2D eigenvalue weighted by atomic mass is 32.2. The maximum absolute atomic E-state index is 12.4. The monoisotopic (exact) mass is 367 g/mol. The van der Waals surface area contributed by atoms with Crippen LogP contribution in [0.3, 0.4) is 0 Å². The van der Waals surface area contributed by atoms with Crippen LogP contribution in [0.5, 0.6) is 0 Å². The molecule has 9 heteroatoms. The van der Waals surface area contributed by atoms with Crippen molar-refractivity contribution in [3.63, 3.8) is 0 Å². The van der Waals surface area contributed by atoms with Gasteiger partial charge in [-0.1, -0.05) is 12.5 Å². The first-order chi connectivity index (χ1) is 11.7. The summed E-state index contributed by atoms with van der Waals surface area (Å²) in [4.78, 5) is 22.7. The second-order valence-electron chi connectivity index (χ2n) is 6.90. The van der Waals surface area contributed by atoms with Gasteiger partial charge in [0.15, 0.2) is 0 Å². The number of benzene rings is 1. The van der Waals surface area contributed by atoms with Gasteiger partial charge in [0, 0.05) is 18.2 Å². The summed E-state index contributed by atoms with van der Waals surface area (Å²) in [6.07, 6.45) is 5.38. The van der Waals surface area contributed by atoms with Gasteiger partial charge in [-0.3, -0.25) is 19.2 Å². The summed E-state index contributed by atoms with van der Waals surface area (Å²) < 4.78 is 25.1. The van der Waals surface area contributed by atoms with Gasteiger partial charge in [-0.15, -0.1) is 0 Å². The lowest BCUT2D eigenvalue weighted by Crippen LogP contribution is -2.45. The topological polar surface area (TPSA) is 110 Å². The van der Waals surface area contributed by atoms with E-state index in [0.717, 1.165) is 35.9 Å². The van der Waals surface area contributed by atoms with Crippen molar-refractivity contribution in [1.29, 1.82) is 0 Å². The molecule has 0 aromatic heterocycles. The molecular formula is C16H21N3O5S. The molecule has 1 amide bonds. The quantitative estimate of drug-likeness (QED) is 0.607. The number of carbonyl (C=O) groups excluding carboxylic acids is 1. The second kappa shape index (κ2) is 6.62. The number of nitro benzene ring substituents is 1. The van der Waals surface area contributed by atoms with Crippen LogP contribution in [-0.4, -0.2) is 38.1 Å². The van der Waals surface area contributed by atoms with E-state index >= 15 is 0 Å². The third-order valence-corrected chi connectivity index (χ3v) is 6.24. The first kappa shape index (κ1) is 17.7. The molecule has 1 aromatic rings. The molecule has 8 nitrogen and oxygen atoms in total. The van der Waals surface area contributed by atoms with E-state index in [1.807, 2.05) is 0 Å². The Labute approximate surface area is 146 Å². The molecule has 0 aliphatic heterocycles. The number of non-ortho nitro benzene ring substituents is 1. The zero-order valence-corrected chi connectivity index (χ0v) is 14.7. The number of hydrogen-bond acceptors (Lipinski definition) is 5. The Balaban J connectivity index is 1.74. The van der Waals surface area contributed by atoms with E-state index in [1.165, 1.54) is 24.6 Å². The summed E-state index contributed by atoms with van der Waals surface area (Å²) >= 11 is 0. The molecule has 0 unspecified atom stereocenters. The van der Waals surface area contributed by atoms with Gasteiger partial charge in [0.05, 0.1) is 16.9 Å². The lowest BCUT2D eigenvalue weighted by molar-refractivity contribution is -0.384. The fraction of sp³-hybridized carbons (Fsp3) is 0.562. The number of carbonyl (C=O) groups is 1. The molecule has 2 bridgehead atoms. The molecule has 2 saturated carbocycles. The van der Waals surface area contributed by atoms with Gasteiger partial charge in [0.2, 0.25) is 15.9 Å². The van der Waals surface area contributed by atoms with Gasteiger partial charge in [0.25, 0.3) is 5.69 Å². The lowest BCUT2D eigenvalue weighted by atomic mass is 9.95. The van der Waals surface area contributed by atoms with Crippen molar-refractivity contribution in [3.05, 3.63) is 34.4 Å². The second-order valence-corrected chi connectivity index (χ2v) is 8.80. The molecule has 0 spiro atoms. The van der Waals surface area contributed by atoms with Crippen molar-refractivity contribution in [1.82, 2.24) is 5.32 Å². The van der Waals surface area contributed by atoms with Gasteiger partial charge < -0.3 is 5.32 Å². The number of nitro groups is 1. The minimum Gasteiger partial charge on any atom is -0.352 e. The lowest BCUT2D eigenvalue weighted by Gasteiger charge is -2.26. The third kappa shape index (κ3) is 3.92. The van der Waals surface area contributed by atoms with Gasteiger partial charge in [-0.2, -0.15) is 0 Å². The van der Waals surface area contributed by atoms with Crippen molar-refractivity contribution in [2.75, 3.05) is 17.1 Å². The zero-order chi connectivity index (χ0) is 18.2. The highest BCUT2D eigenvalue weighted by molar-refractivity contribution is 7.92. The number of fused-ring (bicyclic) bond motifs is 2. The Hall–Kier alpha value is -2.16. The van der Waals surface area contributed by atoms with E-state index < -0.39 is 14.9 Å². The van der Waals surface area contributed by atoms with E-state index in [1.54, 1.807) is 0 Å². The normalized spacial score (nSPS) is 24.9. The van der Waals surface area contributed by atoms with E-state index in [-0.39, 0.29) is 29.9 Å². The first-order valence-electron chi connectivity index (χ1n) is 8.25. The molecule has 3 atom stereocenters. The van der Waals surface area contributed by atoms with Crippen molar-refractivity contribution in [3.8, 4) is 0 Å². The maximum Gasteiger partial charge on any atom is 0.271 e. The Morgan fingerprint density at radius 1 is 1.36 bits per heavy atom. The average Bonchev–Trinajstić information content (AvgIpc) is 3.14. The van der Waals surface area contributed by atoms with E-state index in [0.29, 0.717) is 11.8 Å². The number of nitrogens with one attached hydrogen (secondary N) is 1. The highest BCUT2D eigenvalue weighted by Gasteiger charge is 2.40. The van der Waals surface area contributed by atoms with E-state index in [9.17, 15) is 23.3 Å². The van der Waals surface area contributed by atoms with Gasteiger partial charge in [0.1, 0.15) is 6.54 Å². The van der Waals surface area contributed by atoms with Crippen molar-refractivity contribution in [2.45, 2.75) is 31.7 Å². The van der Waals surface area contributed by atoms with E-state index in [4.69, 9.17) is 0 Å². The van der Waals surface area contributed by atoms with Crippen LogP contribution in [0.4, 0.5) is 11.4 Å². The maximum atomic E-state index is 12.4. The molecule has 3 rings (SSSR count). The van der Waals surface area contributed by atoms with Crippen molar-refractivity contribution < 1.29 is 18.1 Å². The molecule has 2 aliphatic carbocycles. The highest BCUT2D eigenvalue weighted by Crippen LogP contribution is 2.44. The Kier molecular flexibility index (Phi) is 4.68. The van der Waals surface area contributed by atoms with Crippen LogP contribution in [0.2, 0.25) is 0 Å². The van der Waals surface area contributed by atoms with Gasteiger partial charge in [-0.05, 0) is 37.2 Å². The minimum absolute atomic E-state index is 0.109. The van der Waals surface area contributed by atoms with Crippen LogP contribution in [0.15, 0.2) is 24.3 Å². The molecule has 2 aliphatic rings. The zero-order valence-electron chi connectivity index (χ0n) is 13.9. The third-order valence-electron chi connectivity index (χ3n) is 5.10. The van der Waals surface area contributed by atoms with Crippen LogP contribution < -0.4 is 9.62 Å². The first-order valence-corrected chi connectivity index (χ1v) is 10.1. The Morgan fingerprint density at radius 3 is 2.68 bits per heavy atom. The summed E-state index contributed by atoms with van der Waals surface area (Å²) in [6.45, 7) is -0.381. The summed E-state index contributed by atoms with van der Waals surface area (Å²) in [7, 11) is -3.75. The summed E-state index contributed by atoms with van der Waals surface area (Å²) in [6, 6.07) is 5.39. The molecule has 1 N–H and O–H groups in total. The molecule has 2 fully saturated rings. The van der Waals surface area contributed by atoms with Crippen LogP contribution in [0.25, 0.3) is 0 Å². The number of amides is 1. The average molecular weight is 367 g/mol. The summed E-state index contributed by atoms with van der Waals surface area (Å²) in [5.74, 6) is 0.769. The standard InChI is InChI=1S/C16H21N3O5S/c1-25(23,24)18(13-3-2-4-14(9-13)19(21)22)10-16(20)17-15-8-11-5-6-12(15)7-11/h2-4,9,11-12,15H,5-8,10H2,1H3,(H,17,20)/t11-,12+,15+/m0/s1. The Bertz CT molecular complexity index is 795. The summed E-state index contributed by atoms with van der Waals surface area (Å²) in [5.41, 5.74) is -0.112. The van der Waals surface area contributed by atoms with Crippen LogP contribution in [0.1, 0.15) is 25.7 Å². The Morgan fingerprint density at radius 2 is 2.12 bits per heavy atom. The van der Waals surface area contributed by atoms with Gasteiger partial charge in [-0.25, -0.2) is 8.42 Å². The van der Waals surface area contributed by atoms with Crippen LogP contribution in [0, 0.1) is 22.0 Å². The molecule has 0 heterocycles. The molecule has 25 heavy (non-hydrogen) atoms. The number of nitrogens with zero attached hydrogens (tertiary/aromatic N) is 2. The number of rotatable bonds is 6. The smallest absolute Gasteiger partial charge is 0.271 e. The predicted molar refractivity (Wildman–Crippen MR) is 92.7 cm³/mol. The van der Waals surface area contributed by atoms with Gasteiger partial charge >= 0.3 is 0 Å². The molecule has 1 aromatic carbocycles. The number of sulfonamides is 1. The molecule has 0 saturated heterocycles.